The summed E-state index contributed by atoms with van der Waals surface area (Å²) in [6.07, 6.45) is 3.65. The predicted molar refractivity (Wildman–Crippen MR) is 59.8 cm³/mol. The molecule has 0 aliphatic heterocycles. The normalized spacial score (nSPS) is 11.2. The van der Waals surface area contributed by atoms with Crippen molar-refractivity contribution in [2.75, 3.05) is 12.8 Å². The number of hydrogen-bond donors (Lipinski definition) is 0. The van der Waals surface area contributed by atoms with E-state index < -0.39 is 0 Å². The van der Waals surface area contributed by atoms with Gasteiger partial charge >= 0.3 is 0 Å². The largest absolute Gasteiger partial charge is 0.171 e. The van der Waals surface area contributed by atoms with Gasteiger partial charge in [0.1, 0.15) is 12.8 Å². The van der Waals surface area contributed by atoms with Gasteiger partial charge in [-0.25, -0.2) is 0 Å². The van der Waals surface area contributed by atoms with Crippen LogP contribution >= 0.6 is 6.70 Å². The lowest BCUT2D eigenvalue weighted by atomic mass is 10.1. The van der Waals surface area contributed by atoms with E-state index in [2.05, 4.69) is 37.0 Å². The van der Waals surface area contributed by atoms with Crippen LogP contribution in [0.3, 0.4) is 0 Å². The molecule has 12 heavy (non-hydrogen) atoms. The summed E-state index contributed by atoms with van der Waals surface area (Å²) in [5, 5.41) is 0. The Morgan fingerprint density at radius 2 is 1.92 bits per heavy atom. The van der Waals surface area contributed by atoms with Crippen LogP contribution in [-0.2, 0) is 18.2 Å². The van der Waals surface area contributed by atoms with Gasteiger partial charge in [-0.3, -0.25) is 0 Å². The lowest BCUT2D eigenvalue weighted by Crippen LogP contribution is -1.86. The van der Waals surface area contributed by atoms with Crippen LogP contribution in [0.5, 0.6) is 0 Å². The SMILES string of the molecule is C[P+](=S)CCCc1ccccc1. The Morgan fingerprint density at radius 1 is 1.25 bits per heavy atom. The Kier molecular flexibility index (Phi) is 4.42. The topological polar surface area (TPSA) is 0 Å². The summed E-state index contributed by atoms with van der Waals surface area (Å²) < 4.78 is 0. The maximum Gasteiger partial charge on any atom is 0.171 e. The first-order valence-corrected chi connectivity index (χ1v) is 7.20. The van der Waals surface area contributed by atoms with Crippen LogP contribution in [0, 0.1) is 0 Å². The Hall–Kier alpha value is -0.260. The quantitative estimate of drug-likeness (QED) is 0.668. The number of aryl methyl sites for hydroxylation is 1. The van der Waals surface area contributed by atoms with Crippen molar-refractivity contribution in [3.05, 3.63) is 35.9 Å². The molecule has 0 saturated heterocycles. The molecule has 0 fully saturated rings. The van der Waals surface area contributed by atoms with E-state index in [1.165, 1.54) is 24.6 Å². The molecule has 0 N–H and O–H groups in total. The molecule has 0 nitrogen and oxygen atoms in total. The molecule has 1 aromatic carbocycles. The molecule has 1 rings (SSSR count). The molecule has 0 radical (unpaired) electrons. The second-order valence-corrected chi connectivity index (χ2v) is 6.51. The van der Waals surface area contributed by atoms with Crippen molar-refractivity contribution in [2.24, 2.45) is 0 Å². The van der Waals surface area contributed by atoms with Crippen LogP contribution in [0.2, 0.25) is 0 Å². The van der Waals surface area contributed by atoms with Gasteiger partial charge < -0.3 is 0 Å². The van der Waals surface area contributed by atoms with Gasteiger partial charge in [0, 0.05) is 0 Å². The third-order valence-corrected chi connectivity index (χ3v) is 3.28. The highest BCUT2D eigenvalue weighted by Crippen LogP contribution is 2.16. The second kappa shape index (κ2) is 5.40. The van der Waals surface area contributed by atoms with Crippen molar-refractivity contribution in [3.8, 4) is 0 Å². The summed E-state index contributed by atoms with van der Waals surface area (Å²) >= 11 is 5.16. The maximum absolute atomic E-state index is 5.16. The summed E-state index contributed by atoms with van der Waals surface area (Å²) in [7, 11) is 0. The molecule has 0 aliphatic rings. The third kappa shape index (κ3) is 3.94. The molecule has 1 unspecified atom stereocenters. The van der Waals surface area contributed by atoms with E-state index in [1.807, 2.05) is 0 Å². The van der Waals surface area contributed by atoms with Crippen molar-refractivity contribution in [1.29, 1.82) is 0 Å². The molecule has 64 valence electrons. The molecule has 0 spiro atoms. The fourth-order valence-electron chi connectivity index (χ4n) is 1.15. The first kappa shape index (κ1) is 9.83. The van der Waals surface area contributed by atoms with Gasteiger partial charge in [0.05, 0.1) is 0 Å². The maximum atomic E-state index is 5.16. The highest BCUT2D eigenvalue weighted by atomic mass is 32.4. The number of hydrogen-bond acceptors (Lipinski definition) is 1. The monoisotopic (exact) mass is 197 g/mol. The molecule has 2 heteroatoms. The standard InChI is InChI=1S/C10H14PS/c1-11(12)9-5-8-10-6-3-2-4-7-10/h2-4,6-7H,5,8-9H2,1H3/q+1. The highest BCUT2D eigenvalue weighted by molar-refractivity contribution is 8.04. The molecule has 0 bridgehead atoms. The average Bonchev–Trinajstić information content (AvgIpc) is 2.05. The van der Waals surface area contributed by atoms with E-state index in [-0.39, 0.29) is 6.70 Å². The van der Waals surface area contributed by atoms with E-state index in [9.17, 15) is 0 Å². The fourth-order valence-corrected chi connectivity index (χ4v) is 2.14. The molecule has 0 amide bonds. The van der Waals surface area contributed by atoms with Crippen molar-refractivity contribution in [3.63, 3.8) is 0 Å². The van der Waals surface area contributed by atoms with Crippen LogP contribution in [-0.4, -0.2) is 12.8 Å². The minimum absolute atomic E-state index is 0.113. The van der Waals surface area contributed by atoms with Crippen LogP contribution in [0.25, 0.3) is 0 Å². The molecular weight excluding hydrogens is 183 g/mol. The molecule has 1 aromatic rings. The van der Waals surface area contributed by atoms with Gasteiger partial charge in [-0.15, -0.1) is 0 Å². The average molecular weight is 197 g/mol. The first-order valence-electron chi connectivity index (χ1n) is 4.21. The lowest BCUT2D eigenvalue weighted by molar-refractivity contribution is 0.931. The lowest BCUT2D eigenvalue weighted by Gasteiger charge is -1.95. The molecule has 0 aromatic heterocycles. The third-order valence-electron chi connectivity index (χ3n) is 1.78. The summed E-state index contributed by atoms with van der Waals surface area (Å²) in [5.74, 6) is 0. The Labute approximate surface area is 80.4 Å². The molecule has 1 atom stereocenters. The zero-order chi connectivity index (χ0) is 8.81. The molecule has 0 heterocycles. The number of benzene rings is 1. The van der Waals surface area contributed by atoms with Gasteiger partial charge in [0.25, 0.3) is 0 Å². The summed E-state index contributed by atoms with van der Waals surface area (Å²) in [6.45, 7) is 2.05. The number of rotatable bonds is 4. The smallest absolute Gasteiger partial charge is 0.0622 e. The fraction of sp³-hybridized carbons (Fsp3) is 0.400. The molecular formula is C10H14PS+. The highest BCUT2D eigenvalue weighted by Gasteiger charge is 1.99. The Balaban J connectivity index is 2.29. The van der Waals surface area contributed by atoms with Crippen LogP contribution in [0.4, 0.5) is 0 Å². The Bertz CT molecular complexity index is 243. The van der Waals surface area contributed by atoms with Gasteiger partial charge in [-0.2, -0.15) is 0 Å². The zero-order valence-electron chi connectivity index (χ0n) is 7.36. The minimum Gasteiger partial charge on any atom is -0.0622 e. The van der Waals surface area contributed by atoms with Gasteiger partial charge in [-0.05, 0) is 18.4 Å². The van der Waals surface area contributed by atoms with Crippen molar-refractivity contribution in [2.45, 2.75) is 12.8 Å². The van der Waals surface area contributed by atoms with E-state index in [0.717, 1.165) is 0 Å². The minimum atomic E-state index is -0.113. The van der Waals surface area contributed by atoms with E-state index in [0.29, 0.717) is 0 Å². The van der Waals surface area contributed by atoms with Gasteiger partial charge in [0.15, 0.2) is 18.5 Å². The first-order chi connectivity index (χ1) is 5.79. The Morgan fingerprint density at radius 3 is 2.50 bits per heavy atom. The van der Waals surface area contributed by atoms with Crippen molar-refractivity contribution < 1.29 is 0 Å². The van der Waals surface area contributed by atoms with Crippen molar-refractivity contribution >= 4 is 18.5 Å². The van der Waals surface area contributed by atoms with Gasteiger partial charge in [-0.1, -0.05) is 30.3 Å². The predicted octanol–water partition coefficient (Wildman–Crippen LogP) is 3.19. The summed E-state index contributed by atoms with van der Waals surface area (Å²) in [5.41, 5.74) is 1.43. The summed E-state index contributed by atoms with van der Waals surface area (Å²) in [4.78, 5) is 0. The van der Waals surface area contributed by atoms with Crippen LogP contribution < -0.4 is 0 Å². The van der Waals surface area contributed by atoms with Crippen molar-refractivity contribution in [1.82, 2.24) is 0 Å². The van der Waals surface area contributed by atoms with E-state index >= 15 is 0 Å². The van der Waals surface area contributed by atoms with E-state index in [4.69, 9.17) is 11.8 Å². The molecule has 0 aliphatic carbocycles. The van der Waals surface area contributed by atoms with Crippen LogP contribution in [0.1, 0.15) is 12.0 Å². The van der Waals surface area contributed by atoms with Gasteiger partial charge in [0.2, 0.25) is 0 Å². The second-order valence-electron chi connectivity index (χ2n) is 2.94. The summed E-state index contributed by atoms with van der Waals surface area (Å²) in [6, 6.07) is 10.6. The van der Waals surface area contributed by atoms with Crippen LogP contribution in [0.15, 0.2) is 30.3 Å². The zero-order valence-corrected chi connectivity index (χ0v) is 9.07. The molecule has 0 saturated carbocycles. The van der Waals surface area contributed by atoms with E-state index in [1.54, 1.807) is 0 Å².